The Morgan fingerprint density at radius 1 is 1.35 bits per heavy atom. The first-order valence-corrected chi connectivity index (χ1v) is 5.79. The summed E-state index contributed by atoms with van der Waals surface area (Å²) < 4.78 is 5.68. The number of morpholine rings is 1. The fourth-order valence-electron chi connectivity index (χ4n) is 2.21. The third-order valence-corrected chi connectivity index (χ3v) is 2.81. The Hall–Kier alpha value is -1.40. The summed E-state index contributed by atoms with van der Waals surface area (Å²) >= 11 is 0. The Kier molecular flexibility index (Phi) is 3.44. The summed E-state index contributed by atoms with van der Waals surface area (Å²) in [6.45, 7) is 6.68. The first kappa shape index (κ1) is 12.1. The van der Waals surface area contributed by atoms with E-state index >= 15 is 0 Å². The molecule has 4 N–H and O–H groups in total. The van der Waals surface area contributed by atoms with Crippen LogP contribution in [0.15, 0.2) is 6.20 Å². The van der Waals surface area contributed by atoms with Crippen LogP contribution < -0.4 is 11.5 Å². The summed E-state index contributed by atoms with van der Waals surface area (Å²) in [6, 6.07) is 0. The van der Waals surface area contributed by atoms with E-state index in [1.165, 1.54) is 0 Å². The average Bonchev–Trinajstić information content (AvgIpc) is 2.21. The summed E-state index contributed by atoms with van der Waals surface area (Å²) in [5.74, 6) is 0.680. The van der Waals surface area contributed by atoms with Gasteiger partial charge in [-0.2, -0.15) is 4.98 Å². The Balaban J connectivity index is 2.04. The van der Waals surface area contributed by atoms with Crippen LogP contribution in [-0.2, 0) is 11.3 Å². The molecule has 1 fully saturated rings. The molecule has 1 aromatic heterocycles. The van der Waals surface area contributed by atoms with Crippen LogP contribution in [0.1, 0.15) is 19.4 Å². The second-order valence-electron chi connectivity index (χ2n) is 4.59. The molecule has 94 valence electrons. The van der Waals surface area contributed by atoms with Gasteiger partial charge in [0.2, 0.25) is 5.95 Å². The number of hydrogen-bond acceptors (Lipinski definition) is 6. The maximum Gasteiger partial charge on any atom is 0.221 e. The van der Waals surface area contributed by atoms with Crippen molar-refractivity contribution in [3.63, 3.8) is 0 Å². The number of nitrogens with two attached hydrogens (primary N) is 2. The molecule has 6 nitrogen and oxygen atoms in total. The molecule has 2 rings (SSSR count). The van der Waals surface area contributed by atoms with Crippen molar-refractivity contribution >= 4 is 11.8 Å². The summed E-state index contributed by atoms with van der Waals surface area (Å²) in [7, 11) is 0. The molecule has 6 heteroatoms. The van der Waals surface area contributed by atoms with Gasteiger partial charge in [0, 0.05) is 31.4 Å². The smallest absolute Gasteiger partial charge is 0.221 e. The number of anilines is 2. The average molecular weight is 237 g/mol. The SMILES string of the molecule is CC1CN(Cc2cnc(N)nc2N)CC(C)O1. The van der Waals surface area contributed by atoms with E-state index in [0.717, 1.165) is 25.2 Å². The molecular weight excluding hydrogens is 218 g/mol. The van der Waals surface area contributed by atoms with E-state index in [0.29, 0.717) is 5.82 Å². The Morgan fingerprint density at radius 3 is 2.59 bits per heavy atom. The van der Waals surface area contributed by atoms with Gasteiger partial charge in [-0.25, -0.2) is 4.98 Å². The molecule has 17 heavy (non-hydrogen) atoms. The number of aromatic nitrogens is 2. The van der Waals surface area contributed by atoms with Crippen molar-refractivity contribution in [2.45, 2.75) is 32.6 Å². The van der Waals surface area contributed by atoms with Crippen molar-refractivity contribution in [2.75, 3.05) is 24.6 Å². The largest absolute Gasteiger partial charge is 0.383 e. The predicted molar refractivity (Wildman–Crippen MR) is 66.1 cm³/mol. The van der Waals surface area contributed by atoms with Crippen LogP contribution in [0.3, 0.4) is 0 Å². The zero-order valence-corrected chi connectivity index (χ0v) is 10.3. The second kappa shape index (κ2) is 4.85. The number of rotatable bonds is 2. The minimum absolute atomic E-state index is 0.218. The fourth-order valence-corrected chi connectivity index (χ4v) is 2.21. The molecular formula is C11H19N5O. The highest BCUT2D eigenvalue weighted by Crippen LogP contribution is 2.16. The summed E-state index contributed by atoms with van der Waals surface area (Å²) in [4.78, 5) is 10.2. The van der Waals surface area contributed by atoms with Gasteiger partial charge in [0.15, 0.2) is 0 Å². The minimum Gasteiger partial charge on any atom is -0.383 e. The quantitative estimate of drug-likeness (QED) is 0.766. The highest BCUT2D eigenvalue weighted by atomic mass is 16.5. The van der Waals surface area contributed by atoms with Crippen molar-refractivity contribution in [1.82, 2.24) is 14.9 Å². The molecule has 1 saturated heterocycles. The number of ether oxygens (including phenoxy) is 1. The van der Waals surface area contributed by atoms with Crippen molar-refractivity contribution in [3.8, 4) is 0 Å². The van der Waals surface area contributed by atoms with Gasteiger partial charge in [-0.3, -0.25) is 4.90 Å². The van der Waals surface area contributed by atoms with E-state index in [4.69, 9.17) is 16.2 Å². The zero-order chi connectivity index (χ0) is 12.4. The van der Waals surface area contributed by atoms with Crippen molar-refractivity contribution < 1.29 is 4.74 Å². The van der Waals surface area contributed by atoms with Gasteiger partial charge in [-0.1, -0.05) is 0 Å². The van der Waals surface area contributed by atoms with Crippen molar-refractivity contribution in [2.24, 2.45) is 0 Å². The minimum atomic E-state index is 0.218. The third-order valence-electron chi connectivity index (χ3n) is 2.81. The standard InChI is InChI=1S/C11H19N5O/c1-7-4-16(5-8(2)17-7)6-9-3-14-11(13)15-10(9)12/h3,7-8H,4-6H2,1-2H3,(H4,12,13,14,15). The van der Waals surface area contributed by atoms with Gasteiger partial charge in [-0.05, 0) is 13.8 Å². The first-order valence-electron chi connectivity index (χ1n) is 5.79. The maximum absolute atomic E-state index is 5.82. The van der Waals surface area contributed by atoms with Crippen LogP contribution in [0, 0.1) is 0 Å². The number of nitrogens with zero attached hydrogens (tertiary/aromatic N) is 3. The number of nitrogen functional groups attached to an aromatic ring is 2. The van der Waals surface area contributed by atoms with E-state index in [-0.39, 0.29) is 18.2 Å². The molecule has 0 aliphatic carbocycles. The molecule has 0 radical (unpaired) electrons. The Morgan fingerprint density at radius 2 is 2.00 bits per heavy atom. The van der Waals surface area contributed by atoms with Crippen LogP contribution >= 0.6 is 0 Å². The normalized spacial score (nSPS) is 26.0. The van der Waals surface area contributed by atoms with Crippen LogP contribution in [-0.4, -0.2) is 40.2 Å². The van der Waals surface area contributed by atoms with Gasteiger partial charge in [0.25, 0.3) is 0 Å². The van der Waals surface area contributed by atoms with Gasteiger partial charge in [0.05, 0.1) is 12.2 Å². The van der Waals surface area contributed by atoms with Gasteiger partial charge in [0.1, 0.15) is 5.82 Å². The predicted octanol–water partition coefficient (Wildman–Crippen LogP) is 0.250. The molecule has 1 aromatic rings. The summed E-state index contributed by atoms with van der Waals surface area (Å²) in [5.41, 5.74) is 12.2. The lowest BCUT2D eigenvalue weighted by atomic mass is 10.2. The zero-order valence-electron chi connectivity index (χ0n) is 10.3. The first-order chi connectivity index (χ1) is 8.04. The van der Waals surface area contributed by atoms with Crippen LogP contribution in [0.25, 0.3) is 0 Å². The molecule has 1 aliphatic heterocycles. The van der Waals surface area contributed by atoms with Gasteiger partial charge < -0.3 is 16.2 Å². The summed E-state index contributed by atoms with van der Waals surface area (Å²) in [5, 5.41) is 0. The molecule has 0 saturated carbocycles. The van der Waals surface area contributed by atoms with Gasteiger partial charge in [-0.15, -0.1) is 0 Å². The molecule has 2 atom stereocenters. The highest BCUT2D eigenvalue weighted by Gasteiger charge is 2.22. The lowest BCUT2D eigenvalue weighted by molar-refractivity contribution is -0.0704. The second-order valence-corrected chi connectivity index (χ2v) is 4.59. The van der Waals surface area contributed by atoms with Crippen molar-refractivity contribution in [1.29, 1.82) is 0 Å². The molecule has 2 heterocycles. The van der Waals surface area contributed by atoms with E-state index < -0.39 is 0 Å². The molecule has 0 bridgehead atoms. The Bertz CT molecular complexity index is 387. The maximum atomic E-state index is 5.82. The lowest BCUT2D eigenvalue weighted by Crippen LogP contribution is -2.44. The highest BCUT2D eigenvalue weighted by molar-refractivity contribution is 5.41. The van der Waals surface area contributed by atoms with E-state index in [9.17, 15) is 0 Å². The molecule has 0 amide bonds. The fraction of sp³-hybridized carbons (Fsp3) is 0.636. The molecule has 2 unspecified atom stereocenters. The van der Waals surface area contributed by atoms with E-state index in [2.05, 4.69) is 28.7 Å². The Labute approximate surface area is 101 Å². The van der Waals surface area contributed by atoms with Crippen molar-refractivity contribution in [3.05, 3.63) is 11.8 Å². The monoisotopic (exact) mass is 237 g/mol. The van der Waals surface area contributed by atoms with Gasteiger partial charge >= 0.3 is 0 Å². The summed E-state index contributed by atoms with van der Waals surface area (Å²) in [6.07, 6.45) is 2.19. The third kappa shape index (κ3) is 3.04. The molecule has 0 spiro atoms. The van der Waals surface area contributed by atoms with E-state index in [1.807, 2.05) is 0 Å². The van der Waals surface area contributed by atoms with E-state index in [1.54, 1.807) is 6.20 Å². The molecule has 1 aliphatic rings. The van der Waals surface area contributed by atoms with Crippen LogP contribution in [0.4, 0.5) is 11.8 Å². The number of hydrogen-bond donors (Lipinski definition) is 2. The molecule has 0 aromatic carbocycles. The van der Waals surface area contributed by atoms with Crippen LogP contribution in [0.5, 0.6) is 0 Å². The van der Waals surface area contributed by atoms with Crippen LogP contribution in [0.2, 0.25) is 0 Å². The lowest BCUT2D eigenvalue weighted by Gasteiger charge is -2.35. The topological polar surface area (TPSA) is 90.3 Å².